The van der Waals surface area contributed by atoms with Crippen LogP contribution in [0.1, 0.15) is 35.2 Å². The molecular weight excluding hydrogens is 384 g/mol. The number of hydrogen-bond acceptors (Lipinski definition) is 3. The van der Waals surface area contributed by atoms with Crippen LogP contribution in [-0.2, 0) is 16.4 Å². The summed E-state index contributed by atoms with van der Waals surface area (Å²) in [6, 6.07) is 12.0. The van der Waals surface area contributed by atoms with Crippen LogP contribution in [0.25, 0.3) is 0 Å². The van der Waals surface area contributed by atoms with Crippen molar-refractivity contribution in [2.24, 2.45) is 0 Å². The summed E-state index contributed by atoms with van der Waals surface area (Å²) in [5.74, 6) is -0.135. The van der Waals surface area contributed by atoms with Crippen LogP contribution in [0.15, 0.2) is 47.4 Å². The molecule has 0 spiro atoms. The van der Waals surface area contributed by atoms with Gasteiger partial charge in [0.25, 0.3) is 15.9 Å². The zero-order valence-corrected chi connectivity index (χ0v) is 16.5. The average molecular weight is 405 g/mol. The van der Waals surface area contributed by atoms with Crippen molar-refractivity contribution in [2.45, 2.75) is 30.6 Å². The number of benzene rings is 2. The zero-order valence-electron chi connectivity index (χ0n) is 14.9. The van der Waals surface area contributed by atoms with E-state index in [0.717, 1.165) is 24.8 Å². The lowest BCUT2D eigenvalue weighted by Gasteiger charge is -2.27. The van der Waals surface area contributed by atoms with Crippen molar-refractivity contribution >= 4 is 33.2 Å². The Hall–Kier alpha value is -2.05. The molecule has 0 saturated carbocycles. The van der Waals surface area contributed by atoms with Gasteiger partial charge in [-0.15, -0.1) is 0 Å². The maximum absolute atomic E-state index is 13.3. The molecule has 0 aliphatic carbocycles. The van der Waals surface area contributed by atoms with E-state index in [-0.39, 0.29) is 15.8 Å². The maximum Gasteiger partial charge on any atom is 0.265 e. The minimum Gasteiger partial charge on any atom is -0.339 e. The van der Waals surface area contributed by atoms with E-state index in [2.05, 4.69) is 0 Å². The summed E-state index contributed by atoms with van der Waals surface area (Å²) >= 11 is 6.25. The summed E-state index contributed by atoms with van der Waals surface area (Å²) in [6.07, 6.45) is 3.75. The highest BCUT2D eigenvalue weighted by molar-refractivity contribution is 7.93. The highest BCUT2D eigenvalue weighted by Gasteiger charge is 2.33. The van der Waals surface area contributed by atoms with Crippen molar-refractivity contribution in [2.75, 3.05) is 23.9 Å². The van der Waals surface area contributed by atoms with E-state index in [1.165, 1.54) is 16.4 Å². The normalized spacial score (nSPS) is 17.1. The molecule has 142 valence electrons. The first kappa shape index (κ1) is 18.3. The van der Waals surface area contributed by atoms with Gasteiger partial charge in [-0.2, -0.15) is 0 Å². The first-order valence-corrected chi connectivity index (χ1v) is 11.0. The van der Waals surface area contributed by atoms with Gasteiger partial charge in [0.1, 0.15) is 4.90 Å². The molecule has 2 aromatic rings. The Labute approximate surface area is 164 Å². The van der Waals surface area contributed by atoms with Gasteiger partial charge in [-0.3, -0.25) is 9.10 Å². The minimum atomic E-state index is -3.84. The topological polar surface area (TPSA) is 57.7 Å². The Morgan fingerprint density at radius 2 is 1.70 bits per heavy atom. The molecule has 27 heavy (non-hydrogen) atoms. The number of carbonyl (C=O) groups is 1. The van der Waals surface area contributed by atoms with Crippen LogP contribution in [0.5, 0.6) is 0 Å². The quantitative estimate of drug-likeness (QED) is 0.783. The van der Waals surface area contributed by atoms with Crippen LogP contribution >= 0.6 is 11.6 Å². The molecule has 0 radical (unpaired) electrons. The van der Waals surface area contributed by atoms with E-state index in [4.69, 9.17) is 11.6 Å². The van der Waals surface area contributed by atoms with Crippen LogP contribution in [0.4, 0.5) is 5.69 Å². The molecular formula is C20H21ClN2O3S. The molecule has 2 heterocycles. The van der Waals surface area contributed by atoms with Crippen LogP contribution < -0.4 is 4.31 Å². The number of fused-ring (bicyclic) bond motifs is 1. The molecule has 1 amide bonds. The third-order valence-electron chi connectivity index (χ3n) is 5.23. The number of para-hydroxylation sites is 1. The molecule has 7 heteroatoms. The molecule has 5 nitrogen and oxygen atoms in total. The summed E-state index contributed by atoms with van der Waals surface area (Å²) in [5, 5.41) is 0.134. The lowest BCUT2D eigenvalue weighted by Crippen LogP contribution is -2.36. The summed E-state index contributed by atoms with van der Waals surface area (Å²) < 4.78 is 28.0. The van der Waals surface area contributed by atoms with Gasteiger partial charge in [-0.25, -0.2) is 8.42 Å². The Balaban J connectivity index is 1.70. The largest absolute Gasteiger partial charge is 0.339 e. The molecule has 0 unspecified atom stereocenters. The summed E-state index contributed by atoms with van der Waals surface area (Å²) in [7, 11) is -3.84. The zero-order chi connectivity index (χ0) is 19.0. The third-order valence-corrected chi connectivity index (χ3v) is 7.53. The predicted octanol–water partition coefficient (Wildman–Crippen LogP) is 3.72. The fraction of sp³-hybridized carbons (Fsp3) is 0.350. The van der Waals surface area contributed by atoms with Crippen LogP contribution in [-0.4, -0.2) is 38.9 Å². The number of anilines is 1. The van der Waals surface area contributed by atoms with E-state index < -0.39 is 10.0 Å². The minimum absolute atomic E-state index is 0.0104. The molecule has 2 aliphatic heterocycles. The number of hydrogen-bond donors (Lipinski definition) is 0. The molecule has 1 fully saturated rings. The number of amides is 1. The second kappa shape index (κ2) is 7.17. The Morgan fingerprint density at radius 1 is 0.963 bits per heavy atom. The van der Waals surface area contributed by atoms with Gasteiger partial charge in [0.05, 0.1) is 10.7 Å². The standard InChI is InChI=1S/C20H21ClN2O3S/c21-17-9-8-16(20(24)22-11-4-1-5-12-22)14-19(17)27(25,26)23-13-10-15-6-2-3-7-18(15)23/h2-3,6-9,14H,1,4-5,10-13H2. The number of nitrogens with zero attached hydrogens (tertiary/aromatic N) is 2. The Morgan fingerprint density at radius 3 is 2.48 bits per heavy atom. The van der Waals surface area contributed by atoms with E-state index in [1.807, 2.05) is 18.2 Å². The van der Waals surface area contributed by atoms with Crippen LogP contribution in [0.2, 0.25) is 5.02 Å². The molecule has 0 N–H and O–H groups in total. The molecule has 0 atom stereocenters. The van der Waals surface area contributed by atoms with E-state index in [0.29, 0.717) is 37.3 Å². The SMILES string of the molecule is O=C(c1ccc(Cl)c(S(=O)(=O)N2CCc3ccccc32)c1)N1CCCCC1. The summed E-state index contributed by atoms with van der Waals surface area (Å²) in [5.41, 5.74) is 2.05. The van der Waals surface area contributed by atoms with Gasteiger partial charge < -0.3 is 4.90 Å². The fourth-order valence-corrected chi connectivity index (χ4v) is 5.80. The number of halogens is 1. The predicted molar refractivity (Wildman–Crippen MR) is 106 cm³/mol. The van der Waals surface area contributed by atoms with Crippen LogP contribution in [0.3, 0.4) is 0 Å². The fourth-order valence-electron chi connectivity index (χ4n) is 3.79. The highest BCUT2D eigenvalue weighted by atomic mass is 35.5. The first-order chi connectivity index (χ1) is 13.0. The number of likely N-dealkylation sites (tertiary alicyclic amines) is 1. The average Bonchev–Trinajstić information content (AvgIpc) is 3.13. The van der Waals surface area contributed by atoms with Gasteiger partial charge >= 0.3 is 0 Å². The van der Waals surface area contributed by atoms with Crippen molar-refractivity contribution in [1.29, 1.82) is 0 Å². The number of piperidine rings is 1. The van der Waals surface area contributed by atoms with Crippen molar-refractivity contribution in [3.05, 3.63) is 58.6 Å². The number of rotatable bonds is 3. The Bertz CT molecular complexity index is 984. The monoisotopic (exact) mass is 404 g/mol. The number of sulfonamides is 1. The smallest absolute Gasteiger partial charge is 0.265 e. The maximum atomic E-state index is 13.3. The van der Waals surface area contributed by atoms with Gasteiger partial charge in [-0.1, -0.05) is 29.8 Å². The highest BCUT2D eigenvalue weighted by Crippen LogP contribution is 2.35. The van der Waals surface area contributed by atoms with Crippen molar-refractivity contribution in [3.8, 4) is 0 Å². The summed E-state index contributed by atoms with van der Waals surface area (Å²) in [6.45, 7) is 1.80. The molecule has 2 aliphatic rings. The van der Waals surface area contributed by atoms with Crippen LogP contribution in [0, 0.1) is 0 Å². The number of carbonyl (C=O) groups excluding carboxylic acids is 1. The van der Waals surface area contributed by atoms with Gasteiger partial charge in [0.15, 0.2) is 0 Å². The second-order valence-corrected chi connectivity index (χ2v) is 9.19. The first-order valence-electron chi connectivity index (χ1n) is 9.18. The van der Waals surface area contributed by atoms with Gasteiger partial charge in [-0.05, 0) is 55.5 Å². The van der Waals surface area contributed by atoms with Gasteiger partial charge in [0, 0.05) is 25.2 Å². The van der Waals surface area contributed by atoms with Crippen molar-refractivity contribution in [3.63, 3.8) is 0 Å². The van der Waals surface area contributed by atoms with Crippen molar-refractivity contribution < 1.29 is 13.2 Å². The van der Waals surface area contributed by atoms with E-state index >= 15 is 0 Å². The van der Waals surface area contributed by atoms with E-state index in [1.54, 1.807) is 17.0 Å². The lowest BCUT2D eigenvalue weighted by molar-refractivity contribution is 0.0724. The third kappa shape index (κ3) is 3.32. The summed E-state index contributed by atoms with van der Waals surface area (Å²) in [4.78, 5) is 14.6. The van der Waals surface area contributed by atoms with Crippen molar-refractivity contribution in [1.82, 2.24) is 4.90 Å². The Kier molecular flexibility index (Phi) is 4.86. The molecule has 1 saturated heterocycles. The molecule has 4 rings (SSSR count). The second-order valence-electron chi connectivity index (χ2n) is 6.95. The lowest BCUT2D eigenvalue weighted by atomic mass is 10.1. The molecule has 0 aromatic heterocycles. The molecule has 2 aromatic carbocycles. The van der Waals surface area contributed by atoms with Gasteiger partial charge in [0.2, 0.25) is 0 Å². The molecule has 0 bridgehead atoms. The van der Waals surface area contributed by atoms with E-state index in [9.17, 15) is 13.2 Å².